The van der Waals surface area contributed by atoms with Gasteiger partial charge in [-0.15, -0.1) is 11.8 Å². The van der Waals surface area contributed by atoms with Crippen LogP contribution >= 0.6 is 11.8 Å². The molecule has 0 radical (unpaired) electrons. The standard InChI is InChI=1S/C29H27N5O7S/c1-29(2)22(28(40)41)34-26(39)21(27(34)42-29)33-25(38)20(16-6-10-18(35)11-7-16)32-24(37)19-12-9-17(31-23(19)36)8-5-15-4-3-13-30-14-15/h3-14,20-22,27,35H,1-2H3,(H,31,36)(H,32,37)(H,33,38)(H,40,41)/b8-5+/t20-,21+,22-,27+/m0/s1. The molecule has 1 aromatic carbocycles. The Kier molecular flexibility index (Phi) is 7.61. The number of hydrogen-bond acceptors (Lipinski definition) is 8. The Morgan fingerprint density at radius 2 is 1.83 bits per heavy atom. The SMILES string of the molecule is CC1(C)S[C@@H]2[C@H](NC(=O)[C@@H](NC(=O)c3ccc(/C=C/c4cccnc4)[nH]c3=O)c3ccc(O)cc3)C(=O)N2[C@H]1C(=O)O. The molecule has 5 N–H and O–H groups in total. The number of β-lactam (4-membered cyclic amide) rings is 1. The summed E-state index contributed by atoms with van der Waals surface area (Å²) in [6, 6.07) is 8.63. The first-order chi connectivity index (χ1) is 20.0. The summed E-state index contributed by atoms with van der Waals surface area (Å²) >= 11 is 1.27. The lowest BCUT2D eigenvalue weighted by Crippen LogP contribution is -2.71. The number of aromatic hydroxyl groups is 1. The van der Waals surface area contributed by atoms with Gasteiger partial charge in [-0.25, -0.2) is 4.79 Å². The Labute approximate surface area is 243 Å². The highest BCUT2D eigenvalue weighted by molar-refractivity contribution is 8.01. The Morgan fingerprint density at radius 1 is 1.10 bits per heavy atom. The van der Waals surface area contributed by atoms with Gasteiger partial charge >= 0.3 is 5.97 Å². The molecule has 0 saturated carbocycles. The topological polar surface area (TPSA) is 182 Å². The summed E-state index contributed by atoms with van der Waals surface area (Å²) in [5, 5.41) is 24.0. The number of aromatic amines is 1. The monoisotopic (exact) mass is 589 g/mol. The number of aliphatic carboxylic acids is 1. The van der Waals surface area contributed by atoms with Gasteiger partial charge in [0.1, 0.15) is 34.8 Å². The molecule has 4 heterocycles. The van der Waals surface area contributed by atoms with E-state index in [9.17, 15) is 34.2 Å². The van der Waals surface area contributed by atoms with Gasteiger partial charge < -0.3 is 30.7 Å². The predicted octanol–water partition coefficient (Wildman–Crippen LogP) is 1.75. The number of H-pyrrole nitrogens is 1. The van der Waals surface area contributed by atoms with Crippen molar-refractivity contribution in [2.45, 2.75) is 42.1 Å². The highest BCUT2D eigenvalue weighted by Gasteiger charge is 2.64. The molecule has 216 valence electrons. The molecular weight excluding hydrogens is 562 g/mol. The van der Waals surface area contributed by atoms with Crippen molar-refractivity contribution in [1.29, 1.82) is 0 Å². The Bertz CT molecular complexity index is 1640. The molecule has 2 aromatic heterocycles. The van der Waals surface area contributed by atoms with Gasteiger partial charge in [-0.05, 0) is 61.4 Å². The molecule has 5 rings (SSSR count). The summed E-state index contributed by atoms with van der Waals surface area (Å²) in [6.45, 7) is 3.44. The van der Waals surface area contributed by atoms with Crippen LogP contribution in [0.4, 0.5) is 0 Å². The third kappa shape index (κ3) is 5.50. The van der Waals surface area contributed by atoms with Crippen LogP contribution in [0.5, 0.6) is 5.75 Å². The van der Waals surface area contributed by atoms with E-state index in [1.807, 2.05) is 6.07 Å². The maximum absolute atomic E-state index is 13.5. The molecule has 3 amide bonds. The van der Waals surface area contributed by atoms with E-state index in [0.717, 1.165) is 5.56 Å². The fraction of sp³-hybridized carbons (Fsp3) is 0.241. The number of nitrogens with zero attached hydrogens (tertiary/aromatic N) is 2. The molecule has 2 aliphatic heterocycles. The van der Waals surface area contributed by atoms with Crippen LogP contribution in [0.1, 0.15) is 47.1 Å². The number of carbonyl (C=O) groups excluding carboxylic acids is 3. The first kappa shape index (κ1) is 28.6. The van der Waals surface area contributed by atoms with E-state index >= 15 is 0 Å². The van der Waals surface area contributed by atoms with Crippen LogP contribution in [0, 0.1) is 0 Å². The number of phenols is 1. The fourth-order valence-corrected chi connectivity index (χ4v) is 6.61. The number of carbonyl (C=O) groups is 4. The minimum atomic E-state index is -1.33. The van der Waals surface area contributed by atoms with Crippen molar-refractivity contribution in [3.05, 3.63) is 93.7 Å². The van der Waals surface area contributed by atoms with Crippen LogP contribution < -0.4 is 16.2 Å². The van der Waals surface area contributed by atoms with Gasteiger partial charge in [-0.1, -0.05) is 24.3 Å². The molecule has 2 fully saturated rings. The highest BCUT2D eigenvalue weighted by atomic mass is 32.2. The molecular formula is C29H27N5O7S. The molecule has 2 aliphatic rings. The molecule has 2 saturated heterocycles. The van der Waals surface area contributed by atoms with Crippen LogP contribution in [-0.2, 0) is 14.4 Å². The van der Waals surface area contributed by atoms with E-state index in [1.54, 1.807) is 50.5 Å². The quantitative estimate of drug-likeness (QED) is 0.245. The van der Waals surface area contributed by atoms with Crippen LogP contribution in [0.2, 0.25) is 0 Å². The number of carboxylic acids is 1. The summed E-state index contributed by atoms with van der Waals surface area (Å²) < 4.78 is -0.781. The van der Waals surface area contributed by atoms with E-state index in [-0.39, 0.29) is 16.9 Å². The number of amides is 3. The normalized spacial score (nSPS) is 21.3. The third-order valence-corrected chi connectivity index (χ3v) is 8.62. The number of pyridine rings is 2. The highest BCUT2D eigenvalue weighted by Crippen LogP contribution is 2.50. The molecule has 3 aromatic rings. The zero-order valence-electron chi connectivity index (χ0n) is 22.5. The number of hydrogen-bond donors (Lipinski definition) is 5. The molecule has 0 unspecified atom stereocenters. The van der Waals surface area contributed by atoms with Crippen molar-refractivity contribution in [1.82, 2.24) is 25.5 Å². The molecule has 0 spiro atoms. The largest absolute Gasteiger partial charge is 0.508 e. The van der Waals surface area contributed by atoms with Crippen molar-refractivity contribution in [2.75, 3.05) is 0 Å². The Morgan fingerprint density at radius 3 is 2.48 bits per heavy atom. The van der Waals surface area contributed by atoms with Gasteiger partial charge in [0.05, 0.1) is 0 Å². The lowest BCUT2D eigenvalue weighted by Gasteiger charge is -2.44. The van der Waals surface area contributed by atoms with Gasteiger partial charge in [0, 0.05) is 22.8 Å². The van der Waals surface area contributed by atoms with Crippen molar-refractivity contribution >= 4 is 47.6 Å². The number of aromatic nitrogens is 2. The minimum Gasteiger partial charge on any atom is -0.508 e. The average molecular weight is 590 g/mol. The Hall–Kier alpha value is -4.91. The van der Waals surface area contributed by atoms with Gasteiger partial charge in [0.2, 0.25) is 11.8 Å². The zero-order chi connectivity index (χ0) is 30.2. The lowest BCUT2D eigenvalue weighted by molar-refractivity contribution is -0.161. The second-order valence-corrected chi connectivity index (χ2v) is 12.1. The van der Waals surface area contributed by atoms with E-state index < -0.39 is 57.5 Å². The zero-order valence-corrected chi connectivity index (χ0v) is 23.3. The van der Waals surface area contributed by atoms with Crippen LogP contribution in [0.15, 0.2) is 65.7 Å². The summed E-state index contributed by atoms with van der Waals surface area (Å²) in [5.41, 5.74) is 0.623. The second kappa shape index (κ2) is 11.2. The van der Waals surface area contributed by atoms with E-state index in [1.165, 1.54) is 47.0 Å². The van der Waals surface area contributed by atoms with Gasteiger partial charge in [0.25, 0.3) is 11.5 Å². The maximum Gasteiger partial charge on any atom is 0.327 e. The molecule has 4 atom stereocenters. The average Bonchev–Trinajstić information content (AvgIpc) is 3.22. The summed E-state index contributed by atoms with van der Waals surface area (Å²) in [6.07, 6.45) is 6.69. The van der Waals surface area contributed by atoms with Crippen LogP contribution in [-0.4, -0.2) is 71.0 Å². The number of phenolic OH excluding ortho intramolecular Hbond substituents is 1. The maximum atomic E-state index is 13.5. The van der Waals surface area contributed by atoms with Gasteiger partial charge in [-0.3, -0.25) is 24.2 Å². The predicted molar refractivity (Wildman–Crippen MR) is 154 cm³/mol. The van der Waals surface area contributed by atoms with Gasteiger partial charge in [0.15, 0.2) is 0 Å². The number of benzene rings is 1. The van der Waals surface area contributed by atoms with Crippen molar-refractivity contribution in [3.63, 3.8) is 0 Å². The van der Waals surface area contributed by atoms with Crippen LogP contribution in [0.25, 0.3) is 12.2 Å². The first-order valence-corrected chi connectivity index (χ1v) is 13.8. The molecule has 42 heavy (non-hydrogen) atoms. The smallest absolute Gasteiger partial charge is 0.327 e. The molecule has 0 aliphatic carbocycles. The van der Waals surface area contributed by atoms with Gasteiger partial charge in [-0.2, -0.15) is 0 Å². The number of nitrogens with one attached hydrogen (secondary N) is 3. The third-order valence-electron chi connectivity index (χ3n) is 7.05. The summed E-state index contributed by atoms with van der Waals surface area (Å²) in [7, 11) is 0. The second-order valence-electron chi connectivity index (χ2n) is 10.4. The molecule has 0 bridgehead atoms. The molecule has 12 nitrogen and oxygen atoms in total. The van der Waals surface area contributed by atoms with E-state index in [4.69, 9.17) is 0 Å². The first-order valence-electron chi connectivity index (χ1n) is 12.9. The summed E-state index contributed by atoms with van der Waals surface area (Å²) in [4.78, 5) is 72.1. The number of fused-ring (bicyclic) bond motifs is 1. The Balaban J connectivity index is 1.34. The van der Waals surface area contributed by atoms with Crippen LogP contribution in [0.3, 0.4) is 0 Å². The summed E-state index contributed by atoms with van der Waals surface area (Å²) in [5.74, 6) is -3.32. The lowest BCUT2D eigenvalue weighted by atomic mass is 9.95. The van der Waals surface area contributed by atoms with E-state index in [2.05, 4.69) is 20.6 Å². The van der Waals surface area contributed by atoms with E-state index in [0.29, 0.717) is 5.69 Å². The van der Waals surface area contributed by atoms with Crippen molar-refractivity contribution in [3.8, 4) is 5.75 Å². The fourth-order valence-electron chi connectivity index (χ4n) is 4.98. The van der Waals surface area contributed by atoms with Crippen molar-refractivity contribution in [2.24, 2.45) is 0 Å². The molecule has 13 heteroatoms. The number of rotatable bonds is 8. The number of carboxylic acid groups (broad SMARTS) is 1. The minimum absolute atomic E-state index is 0.0651. The number of thioether (sulfide) groups is 1. The van der Waals surface area contributed by atoms with Crippen molar-refractivity contribution < 1.29 is 29.4 Å².